The predicted molar refractivity (Wildman–Crippen MR) is 160 cm³/mol. The lowest BCUT2D eigenvalue weighted by molar-refractivity contribution is 0.350. The molecule has 0 fully saturated rings. The molecule has 4 aromatic carbocycles. The Balaban J connectivity index is 2.13. The van der Waals surface area contributed by atoms with Gasteiger partial charge in [-0.2, -0.15) is 0 Å². The van der Waals surface area contributed by atoms with Crippen LogP contribution in [0.2, 0.25) is 0 Å². The molecule has 0 amide bonds. The maximum absolute atomic E-state index is 14.8. The number of hydrogen-bond donors (Lipinski definition) is 0. The summed E-state index contributed by atoms with van der Waals surface area (Å²) in [5, 5.41) is 4.14. The van der Waals surface area contributed by atoms with Crippen LogP contribution >= 0.6 is 15.9 Å². The van der Waals surface area contributed by atoms with Gasteiger partial charge in [0.1, 0.15) is 24.5 Å². The SMILES string of the molecule is COc1cc2c(cc(CF)c3c2oc2c4c(Br)c(OC)c(OC)c(C(C)C)c4cc(CF)c23)c(C(C)C)c1OC. The van der Waals surface area contributed by atoms with Gasteiger partial charge in [-0.05, 0) is 67.9 Å². The fourth-order valence-electron chi connectivity index (χ4n) is 6.11. The first-order valence-corrected chi connectivity index (χ1v) is 14.0. The van der Waals surface area contributed by atoms with Crippen molar-refractivity contribution in [2.45, 2.75) is 52.9 Å². The highest BCUT2D eigenvalue weighted by atomic mass is 79.9. The van der Waals surface area contributed by atoms with E-state index in [-0.39, 0.29) is 11.8 Å². The summed E-state index contributed by atoms with van der Waals surface area (Å²) >= 11 is 3.73. The van der Waals surface area contributed by atoms with Crippen LogP contribution in [0.4, 0.5) is 8.78 Å². The Bertz CT molecular complexity index is 1790. The summed E-state index contributed by atoms with van der Waals surface area (Å²) in [6, 6.07) is 5.51. The molecule has 5 rings (SSSR count). The molecule has 0 atom stereocenters. The van der Waals surface area contributed by atoms with E-state index in [1.54, 1.807) is 28.4 Å². The van der Waals surface area contributed by atoms with Crippen molar-refractivity contribution in [3.05, 3.63) is 44.9 Å². The minimum absolute atomic E-state index is 0.0290. The molecule has 0 N–H and O–H groups in total. The number of rotatable bonds is 8. The van der Waals surface area contributed by atoms with Gasteiger partial charge in [-0.3, -0.25) is 0 Å². The summed E-state index contributed by atoms with van der Waals surface area (Å²) in [5.41, 5.74) is 3.53. The summed E-state index contributed by atoms with van der Waals surface area (Å²) in [4.78, 5) is 0. The molecule has 0 radical (unpaired) electrons. The van der Waals surface area contributed by atoms with E-state index in [1.807, 2.05) is 45.9 Å². The minimum Gasteiger partial charge on any atom is -0.493 e. The van der Waals surface area contributed by atoms with Crippen molar-refractivity contribution in [2.24, 2.45) is 0 Å². The number of benzene rings is 4. The van der Waals surface area contributed by atoms with Gasteiger partial charge < -0.3 is 23.4 Å². The van der Waals surface area contributed by atoms with Gasteiger partial charge in [0.2, 0.25) is 0 Å². The van der Waals surface area contributed by atoms with Crippen molar-refractivity contribution in [1.29, 1.82) is 0 Å². The molecule has 5 nitrogen and oxygen atoms in total. The number of ether oxygens (including phenoxy) is 4. The number of fused-ring (bicyclic) bond motifs is 7. The smallest absolute Gasteiger partial charge is 0.176 e. The zero-order chi connectivity index (χ0) is 29.0. The number of alkyl halides is 2. The van der Waals surface area contributed by atoms with E-state index in [0.29, 0.717) is 65.9 Å². The molecular weight excluding hydrogens is 582 g/mol. The van der Waals surface area contributed by atoms with Gasteiger partial charge in [0.05, 0.1) is 32.9 Å². The molecule has 40 heavy (non-hydrogen) atoms. The highest BCUT2D eigenvalue weighted by Gasteiger charge is 2.29. The average molecular weight is 616 g/mol. The maximum atomic E-state index is 14.8. The third-order valence-electron chi connectivity index (χ3n) is 7.69. The topological polar surface area (TPSA) is 50.1 Å². The molecule has 0 unspecified atom stereocenters. The maximum Gasteiger partial charge on any atom is 0.176 e. The van der Waals surface area contributed by atoms with Crippen LogP contribution < -0.4 is 18.9 Å². The second-order valence-electron chi connectivity index (χ2n) is 10.5. The standard InChI is InChI=1S/C32H33BrF2O5/c1-14(2)22-18-9-16(12-34)24-25-17(13-35)10-20-23(15(3)4)31(38-7)32(39-8)27(33)26(20)30(25)40-28(24)19(18)11-21(36-5)29(22)37-6/h9-11,14-15H,12-13H2,1-8H3. The van der Waals surface area contributed by atoms with Crippen LogP contribution in [-0.2, 0) is 13.3 Å². The predicted octanol–water partition coefficient (Wildman–Crippen LogP) is 9.88. The van der Waals surface area contributed by atoms with Crippen LogP contribution in [0.25, 0.3) is 43.5 Å². The monoisotopic (exact) mass is 614 g/mol. The third-order valence-corrected chi connectivity index (χ3v) is 8.44. The Morgan fingerprint density at radius 3 is 1.68 bits per heavy atom. The molecule has 0 bridgehead atoms. The van der Waals surface area contributed by atoms with Gasteiger partial charge in [-0.25, -0.2) is 8.78 Å². The van der Waals surface area contributed by atoms with Gasteiger partial charge in [-0.15, -0.1) is 0 Å². The Morgan fingerprint density at radius 1 is 0.650 bits per heavy atom. The first-order valence-electron chi connectivity index (χ1n) is 13.2. The zero-order valence-corrected chi connectivity index (χ0v) is 25.6. The highest BCUT2D eigenvalue weighted by molar-refractivity contribution is 9.10. The first kappa shape index (κ1) is 28.3. The van der Waals surface area contributed by atoms with Crippen molar-refractivity contribution in [2.75, 3.05) is 28.4 Å². The lowest BCUT2D eigenvalue weighted by atomic mass is 9.89. The van der Waals surface area contributed by atoms with Gasteiger partial charge in [0.15, 0.2) is 23.0 Å². The largest absolute Gasteiger partial charge is 0.493 e. The van der Waals surface area contributed by atoms with Crippen molar-refractivity contribution >= 4 is 59.4 Å². The summed E-state index contributed by atoms with van der Waals surface area (Å²) in [5.74, 6) is 2.30. The van der Waals surface area contributed by atoms with E-state index in [9.17, 15) is 8.78 Å². The third kappa shape index (κ3) is 3.90. The molecule has 0 aliphatic rings. The molecule has 5 aromatic rings. The molecule has 0 spiro atoms. The van der Waals surface area contributed by atoms with E-state index in [1.165, 1.54) is 0 Å². The normalized spacial score (nSPS) is 12.0. The van der Waals surface area contributed by atoms with Crippen molar-refractivity contribution in [1.82, 2.24) is 0 Å². The molecule has 0 saturated carbocycles. The van der Waals surface area contributed by atoms with E-state index < -0.39 is 13.3 Å². The van der Waals surface area contributed by atoms with E-state index >= 15 is 0 Å². The highest BCUT2D eigenvalue weighted by Crippen LogP contribution is 2.53. The number of hydrogen-bond acceptors (Lipinski definition) is 5. The summed E-state index contributed by atoms with van der Waals surface area (Å²) in [7, 11) is 6.34. The number of furan rings is 1. The second-order valence-corrected chi connectivity index (χ2v) is 11.3. The van der Waals surface area contributed by atoms with Crippen molar-refractivity contribution < 1.29 is 32.1 Å². The fourth-order valence-corrected chi connectivity index (χ4v) is 6.84. The Morgan fingerprint density at radius 2 is 1.18 bits per heavy atom. The van der Waals surface area contributed by atoms with Crippen LogP contribution in [0.15, 0.2) is 27.1 Å². The molecule has 1 heterocycles. The lowest BCUT2D eigenvalue weighted by Crippen LogP contribution is -2.01. The summed E-state index contributed by atoms with van der Waals surface area (Å²) < 4.78 is 60.0. The molecule has 0 aliphatic carbocycles. The molecule has 1 aromatic heterocycles. The van der Waals surface area contributed by atoms with E-state index in [4.69, 9.17) is 23.4 Å². The molecule has 0 aliphatic heterocycles. The van der Waals surface area contributed by atoms with Crippen LogP contribution in [0.5, 0.6) is 23.0 Å². The first-order chi connectivity index (χ1) is 19.2. The minimum atomic E-state index is -0.752. The van der Waals surface area contributed by atoms with Gasteiger partial charge in [0, 0.05) is 32.7 Å². The van der Waals surface area contributed by atoms with Crippen LogP contribution in [-0.4, -0.2) is 28.4 Å². The Labute approximate surface area is 240 Å². The Kier molecular flexibility index (Phi) is 7.50. The van der Waals surface area contributed by atoms with Crippen LogP contribution in [0, 0.1) is 0 Å². The Hall–Kier alpha value is -3.26. The van der Waals surface area contributed by atoms with Crippen LogP contribution in [0.3, 0.4) is 0 Å². The number of halogens is 3. The second kappa shape index (κ2) is 10.6. The van der Waals surface area contributed by atoms with E-state index in [2.05, 4.69) is 15.9 Å². The van der Waals surface area contributed by atoms with E-state index in [0.717, 1.165) is 27.3 Å². The molecular formula is C32H33BrF2O5. The molecule has 8 heteroatoms. The lowest BCUT2D eigenvalue weighted by Gasteiger charge is -2.21. The average Bonchev–Trinajstić information content (AvgIpc) is 3.35. The zero-order valence-electron chi connectivity index (χ0n) is 24.0. The van der Waals surface area contributed by atoms with Crippen molar-refractivity contribution in [3.63, 3.8) is 0 Å². The van der Waals surface area contributed by atoms with Gasteiger partial charge >= 0.3 is 0 Å². The molecule has 212 valence electrons. The fraction of sp³-hybridized carbons (Fsp3) is 0.375. The number of methoxy groups -OCH3 is 4. The van der Waals surface area contributed by atoms with Crippen molar-refractivity contribution in [3.8, 4) is 23.0 Å². The van der Waals surface area contributed by atoms with Gasteiger partial charge in [-0.1, -0.05) is 27.7 Å². The summed E-state index contributed by atoms with van der Waals surface area (Å²) in [6.07, 6.45) is 0. The molecule has 0 saturated heterocycles. The quantitative estimate of drug-likeness (QED) is 0.174. The van der Waals surface area contributed by atoms with Gasteiger partial charge in [0.25, 0.3) is 0 Å². The summed E-state index contributed by atoms with van der Waals surface area (Å²) in [6.45, 7) is 6.69. The van der Waals surface area contributed by atoms with Crippen LogP contribution in [0.1, 0.15) is 61.8 Å².